The lowest BCUT2D eigenvalue weighted by atomic mass is 10.2. The van der Waals surface area contributed by atoms with Gasteiger partial charge in [0.2, 0.25) is 0 Å². The van der Waals surface area contributed by atoms with E-state index in [4.69, 9.17) is 4.52 Å². The maximum absolute atomic E-state index is 11.4. The number of aryl methyl sites for hydroxylation is 1. The fraction of sp³-hybridized carbons (Fsp3) is 0.600. The molecule has 0 unspecified atom stereocenters. The van der Waals surface area contributed by atoms with Gasteiger partial charge in [-0.25, -0.2) is 0 Å². The summed E-state index contributed by atoms with van der Waals surface area (Å²) in [6.45, 7) is 4.74. The highest BCUT2D eigenvalue weighted by Gasteiger charge is 2.10. The number of rotatable bonds is 5. The Balaban J connectivity index is 2.53. The SMILES string of the molecule is CCCNC(=O)c1cc(CCC)on1. The van der Waals surface area contributed by atoms with Gasteiger partial charge in [-0.1, -0.05) is 19.0 Å². The van der Waals surface area contributed by atoms with Gasteiger partial charge in [0.1, 0.15) is 5.76 Å². The fourth-order valence-electron chi connectivity index (χ4n) is 1.11. The van der Waals surface area contributed by atoms with E-state index in [9.17, 15) is 4.79 Å². The average Bonchev–Trinajstić information content (AvgIpc) is 2.63. The molecule has 14 heavy (non-hydrogen) atoms. The van der Waals surface area contributed by atoms with Crippen LogP contribution in [0, 0.1) is 0 Å². The summed E-state index contributed by atoms with van der Waals surface area (Å²) in [5.41, 5.74) is 0.377. The first-order valence-corrected chi connectivity index (χ1v) is 5.01. The maximum Gasteiger partial charge on any atom is 0.273 e. The predicted octanol–water partition coefficient (Wildman–Crippen LogP) is 1.77. The highest BCUT2D eigenvalue weighted by atomic mass is 16.5. The van der Waals surface area contributed by atoms with Crippen LogP contribution in [0.1, 0.15) is 42.9 Å². The number of aromatic nitrogens is 1. The van der Waals surface area contributed by atoms with Crippen LogP contribution in [0.5, 0.6) is 0 Å². The van der Waals surface area contributed by atoms with Crippen LogP contribution in [0.15, 0.2) is 10.6 Å². The molecule has 1 heterocycles. The van der Waals surface area contributed by atoms with E-state index in [1.54, 1.807) is 6.07 Å². The summed E-state index contributed by atoms with van der Waals surface area (Å²) >= 11 is 0. The van der Waals surface area contributed by atoms with Gasteiger partial charge in [0, 0.05) is 19.0 Å². The van der Waals surface area contributed by atoms with Crippen LogP contribution in [-0.4, -0.2) is 17.6 Å². The minimum Gasteiger partial charge on any atom is -0.361 e. The standard InChI is InChI=1S/C10H16N2O2/c1-3-5-8-7-9(12-14-8)10(13)11-6-4-2/h7H,3-6H2,1-2H3,(H,11,13). The molecule has 0 aromatic carbocycles. The topological polar surface area (TPSA) is 55.1 Å². The summed E-state index contributed by atoms with van der Waals surface area (Å²) in [6.07, 6.45) is 2.74. The van der Waals surface area contributed by atoms with Gasteiger partial charge in [-0.15, -0.1) is 0 Å². The Morgan fingerprint density at radius 1 is 1.50 bits per heavy atom. The number of carbonyl (C=O) groups is 1. The molecule has 1 amide bonds. The highest BCUT2D eigenvalue weighted by Crippen LogP contribution is 2.05. The Hall–Kier alpha value is -1.32. The second-order valence-corrected chi connectivity index (χ2v) is 3.18. The molecule has 0 fully saturated rings. The van der Waals surface area contributed by atoms with Crippen LogP contribution in [0.4, 0.5) is 0 Å². The quantitative estimate of drug-likeness (QED) is 0.780. The number of amides is 1. The zero-order chi connectivity index (χ0) is 10.4. The first kappa shape index (κ1) is 10.8. The predicted molar refractivity (Wildman–Crippen MR) is 53.1 cm³/mol. The van der Waals surface area contributed by atoms with Gasteiger partial charge in [-0.3, -0.25) is 4.79 Å². The molecular weight excluding hydrogens is 180 g/mol. The van der Waals surface area contributed by atoms with Crippen molar-refractivity contribution in [1.82, 2.24) is 10.5 Å². The smallest absolute Gasteiger partial charge is 0.273 e. The lowest BCUT2D eigenvalue weighted by Crippen LogP contribution is -2.24. The molecule has 1 rings (SSSR count). The molecule has 1 N–H and O–H groups in total. The monoisotopic (exact) mass is 196 g/mol. The fourth-order valence-corrected chi connectivity index (χ4v) is 1.11. The second kappa shape index (κ2) is 5.42. The van der Waals surface area contributed by atoms with Gasteiger partial charge in [-0.2, -0.15) is 0 Å². The number of hydrogen-bond donors (Lipinski definition) is 1. The molecule has 78 valence electrons. The van der Waals surface area contributed by atoms with Gasteiger partial charge in [0.25, 0.3) is 5.91 Å². The average molecular weight is 196 g/mol. The van der Waals surface area contributed by atoms with Crippen LogP contribution < -0.4 is 5.32 Å². The van der Waals surface area contributed by atoms with Crippen molar-refractivity contribution in [3.05, 3.63) is 17.5 Å². The zero-order valence-electron chi connectivity index (χ0n) is 8.67. The van der Waals surface area contributed by atoms with E-state index in [1.807, 2.05) is 6.92 Å². The van der Waals surface area contributed by atoms with Crippen molar-refractivity contribution < 1.29 is 9.32 Å². The molecule has 0 saturated carbocycles. The third-order valence-electron chi connectivity index (χ3n) is 1.82. The minimum absolute atomic E-state index is 0.155. The van der Waals surface area contributed by atoms with Crippen molar-refractivity contribution in [3.8, 4) is 0 Å². The zero-order valence-corrected chi connectivity index (χ0v) is 8.67. The van der Waals surface area contributed by atoms with Gasteiger partial charge < -0.3 is 9.84 Å². The molecule has 1 aromatic heterocycles. The van der Waals surface area contributed by atoms with Crippen LogP contribution in [0.3, 0.4) is 0 Å². The Morgan fingerprint density at radius 2 is 2.29 bits per heavy atom. The summed E-state index contributed by atoms with van der Waals surface area (Å²) < 4.78 is 5.00. The van der Waals surface area contributed by atoms with Crippen molar-refractivity contribution in [1.29, 1.82) is 0 Å². The molecule has 0 atom stereocenters. The van der Waals surface area contributed by atoms with Crippen LogP contribution in [0.25, 0.3) is 0 Å². The van der Waals surface area contributed by atoms with E-state index in [0.717, 1.165) is 25.0 Å². The van der Waals surface area contributed by atoms with E-state index < -0.39 is 0 Å². The van der Waals surface area contributed by atoms with Crippen molar-refractivity contribution in [3.63, 3.8) is 0 Å². The third kappa shape index (κ3) is 2.87. The summed E-state index contributed by atoms with van der Waals surface area (Å²) in [5, 5.41) is 6.44. The first-order chi connectivity index (χ1) is 6.77. The van der Waals surface area contributed by atoms with E-state index in [0.29, 0.717) is 12.2 Å². The second-order valence-electron chi connectivity index (χ2n) is 3.18. The molecule has 0 bridgehead atoms. The molecule has 1 aromatic rings. The maximum atomic E-state index is 11.4. The number of hydrogen-bond acceptors (Lipinski definition) is 3. The number of carbonyl (C=O) groups excluding carboxylic acids is 1. The summed E-state index contributed by atoms with van der Waals surface area (Å²) in [5.74, 6) is 0.618. The summed E-state index contributed by atoms with van der Waals surface area (Å²) in [7, 11) is 0. The molecule has 0 spiro atoms. The number of nitrogens with one attached hydrogen (secondary N) is 1. The molecular formula is C10H16N2O2. The molecule has 0 aliphatic rings. The minimum atomic E-state index is -0.155. The van der Waals surface area contributed by atoms with Crippen molar-refractivity contribution >= 4 is 5.91 Å². The lowest BCUT2D eigenvalue weighted by molar-refractivity contribution is 0.0944. The van der Waals surface area contributed by atoms with Gasteiger partial charge in [-0.05, 0) is 12.8 Å². The molecule has 4 nitrogen and oxygen atoms in total. The largest absolute Gasteiger partial charge is 0.361 e. The first-order valence-electron chi connectivity index (χ1n) is 5.01. The van der Waals surface area contributed by atoms with Crippen LogP contribution >= 0.6 is 0 Å². The number of nitrogens with zero attached hydrogens (tertiary/aromatic N) is 1. The lowest BCUT2D eigenvalue weighted by Gasteiger charge is -1.97. The van der Waals surface area contributed by atoms with Crippen LogP contribution in [-0.2, 0) is 6.42 Å². The van der Waals surface area contributed by atoms with Gasteiger partial charge in [0.05, 0.1) is 0 Å². The van der Waals surface area contributed by atoms with Gasteiger partial charge >= 0.3 is 0 Å². The normalized spacial score (nSPS) is 10.1. The Kier molecular flexibility index (Phi) is 4.16. The van der Waals surface area contributed by atoms with E-state index in [2.05, 4.69) is 17.4 Å². The Labute approximate surface area is 83.7 Å². The van der Waals surface area contributed by atoms with Crippen molar-refractivity contribution in [2.45, 2.75) is 33.1 Å². The van der Waals surface area contributed by atoms with Gasteiger partial charge in [0.15, 0.2) is 5.69 Å². The highest BCUT2D eigenvalue weighted by molar-refractivity contribution is 5.92. The molecule has 0 radical (unpaired) electrons. The Morgan fingerprint density at radius 3 is 2.93 bits per heavy atom. The van der Waals surface area contributed by atoms with Crippen molar-refractivity contribution in [2.24, 2.45) is 0 Å². The van der Waals surface area contributed by atoms with Crippen molar-refractivity contribution in [2.75, 3.05) is 6.54 Å². The Bertz CT molecular complexity index is 294. The van der Waals surface area contributed by atoms with E-state index in [1.165, 1.54) is 0 Å². The van der Waals surface area contributed by atoms with E-state index in [-0.39, 0.29) is 5.91 Å². The molecule has 0 saturated heterocycles. The molecule has 0 aliphatic carbocycles. The third-order valence-corrected chi connectivity index (χ3v) is 1.82. The summed E-state index contributed by atoms with van der Waals surface area (Å²) in [6, 6.07) is 1.70. The summed E-state index contributed by atoms with van der Waals surface area (Å²) in [4.78, 5) is 11.4. The van der Waals surface area contributed by atoms with E-state index >= 15 is 0 Å². The van der Waals surface area contributed by atoms with Crippen LogP contribution in [0.2, 0.25) is 0 Å². The molecule has 4 heteroatoms. The molecule has 0 aliphatic heterocycles.